The van der Waals surface area contributed by atoms with Gasteiger partial charge in [-0.1, -0.05) is 24.3 Å². The Morgan fingerprint density at radius 2 is 1.78 bits per heavy atom. The normalized spacial score (nSPS) is 11.2. The SMILES string of the molecule is COc1ccc(-c2nn(-c3ccccc3)cc2/C=C/C(=O)NCc2nnc3ccccn23)cc1OC. The number of rotatable bonds is 8. The Hall–Kier alpha value is -4.92. The smallest absolute Gasteiger partial charge is 0.244 e. The van der Waals surface area contributed by atoms with E-state index in [1.54, 1.807) is 25.0 Å². The molecule has 0 unspecified atom stereocenters. The van der Waals surface area contributed by atoms with E-state index in [0.717, 1.165) is 22.5 Å². The Kier molecular flexibility index (Phi) is 6.44. The monoisotopic (exact) mass is 480 g/mol. The van der Waals surface area contributed by atoms with Gasteiger partial charge in [0.15, 0.2) is 23.0 Å². The van der Waals surface area contributed by atoms with Crippen LogP contribution in [0.2, 0.25) is 0 Å². The van der Waals surface area contributed by atoms with Gasteiger partial charge in [-0.25, -0.2) is 4.68 Å². The maximum Gasteiger partial charge on any atom is 0.244 e. The summed E-state index contributed by atoms with van der Waals surface area (Å²) in [6, 6.07) is 21.0. The molecule has 9 nitrogen and oxygen atoms in total. The molecule has 1 amide bonds. The van der Waals surface area contributed by atoms with Crippen molar-refractivity contribution in [3.63, 3.8) is 0 Å². The molecule has 180 valence electrons. The molecule has 0 radical (unpaired) electrons. The van der Waals surface area contributed by atoms with Crippen LogP contribution >= 0.6 is 0 Å². The summed E-state index contributed by atoms with van der Waals surface area (Å²) in [5.41, 5.74) is 3.94. The predicted octanol–water partition coefficient (Wildman–Crippen LogP) is 3.93. The van der Waals surface area contributed by atoms with Crippen LogP contribution in [0.1, 0.15) is 11.4 Å². The molecule has 0 saturated heterocycles. The van der Waals surface area contributed by atoms with E-state index in [1.165, 1.54) is 6.08 Å². The first-order chi connectivity index (χ1) is 17.7. The summed E-state index contributed by atoms with van der Waals surface area (Å²) in [7, 11) is 3.19. The molecule has 9 heteroatoms. The standard InChI is InChI=1S/C27H24N6O3/c1-35-22-13-11-19(16-23(22)36-2)27-20(18-33(31-27)21-8-4-3-5-9-21)12-14-26(34)28-17-25-30-29-24-10-6-7-15-32(24)25/h3-16,18H,17H2,1-2H3,(H,28,34)/b14-12+. The fourth-order valence-electron chi connectivity index (χ4n) is 3.83. The lowest BCUT2D eigenvalue weighted by Crippen LogP contribution is -2.21. The number of amides is 1. The van der Waals surface area contributed by atoms with Gasteiger partial charge >= 0.3 is 0 Å². The van der Waals surface area contributed by atoms with Gasteiger partial charge in [0, 0.05) is 29.6 Å². The minimum absolute atomic E-state index is 0.250. The molecular weight excluding hydrogens is 456 g/mol. The first-order valence-electron chi connectivity index (χ1n) is 11.3. The number of carbonyl (C=O) groups excluding carboxylic acids is 1. The average molecular weight is 481 g/mol. The fraction of sp³-hybridized carbons (Fsp3) is 0.111. The number of methoxy groups -OCH3 is 2. The third-order valence-corrected chi connectivity index (χ3v) is 5.64. The number of nitrogens with one attached hydrogen (secondary N) is 1. The molecule has 2 aromatic carbocycles. The van der Waals surface area contributed by atoms with Crippen LogP contribution in [-0.2, 0) is 11.3 Å². The molecule has 0 aliphatic rings. The molecular formula is C27H24N6O3. The van der Waals surface area contributed by atoms with E-state index in [0.29, 0.717) is 23.0 Å². The number of ether oxygens (including phenoxy) is 2. The van der Waals surface area contributed by atoms with Gasteiger partial charge in [-0.05, 0) is 48.5 Å². The Morgan fingerprint density at radius 3 is 2.58 bits per heavy atom. The van der Waals surface area contributed by atoms with Crippen molar-refractivity contribution in [3.05, 3.63) is 96.6 Å². The molecule has 3 heterocycles. The number of para-hydroxylation sites is 1. The number of pyridine rings is 1. The zero-order valence-corrected chi connectivity index (χ0v) is 19.8. The molecule has 3 aromatic heterocycles. The van der Waals surface area contributed by atoms with Crippen LogP contribution in [0, 0.1) is 0 Å². The van der Waals surface area contributed by atoms with Gasteiger partial charge in [0.1, 0.15) is 5.69 Å². The zero-order valence-electron chi connectivity index (χ0n) is 19.8. The Bertz CT molecular complexity index is 1540. The van der Waals surface area contributed by atoms with Gasteiger partial charge in [0.05, 0.1) is 26.5 Å². The van der Waals surface area contributed by atoms with E-state index in [4.69, 9.17) is 14.6 Å². The zero-order chi connectivity index (χ0) is 24.9. The highest BCUT2D eigenvalue weighted by atomic mass is 16.5. The molecule has 0 aliphatic heterocycles. The molecule has 0 atom stereocenters. The van der Waals surface area contributed by atoms with E-state index >= 15 is 0 Å². The number of fused-ring (bicyclic) bond motifs is 1. The van der Waals surface area contributed by atoms with Crippen LogP contribution in [-0.4, -0.2) is 44.5 Å². The van der Waals surface area contributed by atoms with E-state index in [1.807, 2.05) is 83.5 Å². The highest BCUT2D eigenvalue weighted by Crippen LogP contribution is 2.33. The molecule has 0 bridgehead atoms. The molecule has 36 heavy (non-hydrogen) atoms. The van der Waals surface area contributed by atoms with Crippen LogP contribution in [0.3, 0.4) is 0 Å². The summed E-state index contributed by atoms with van der Waals surface area (Å²) >= 11 is 0. The van der Waals surface area contributed by atoms with Gasteiger partial charge in [-0.3, -0.25) is 9.20 Å². The summed E-state index contributed by atoms with van der Waals surface area (Å²) in [6.07, 6.45) is 6.98. The first-order valence-corrected chi connectivity index (χ1v) is 11.3. The van der Waals surface area contributed by atoms with Crippen LogP contribution in [0.5, 0.6) is 11.5 Å². The highest BCUT2D eigenvalue weighted by Gasteiger charge is 2.14. The molecule has 5 rings (SSSR count). The average Bonchev–Trinajstić information content (AvgIpc) is 3.55. The second-order valence-corrected chi connectivity index (χ2v) is 7.88. The number of nitrogens with zero attached hydrogens (tertiary/aromatic N) is 5. The third kappa shape index (κ3) is 4.67. The Labute approximate surface area is 207 Å². The third-order valence-electron chi connectivity index (χ3n) is 5.64. The van der Waals surface area contributed by atoms with Gasteiger partial charge in [0.25, 0.3) is 0 Å². The molecule has 1 N–H and O–H groups in total. The number of hydrogen-bond donors (Lipinski definition) is 1. The van der Waals surface area contributed by atoms with Crippen molar-refractivity contribution >= 4 is 17.6 Å². The largest absolute Gasteiger partial charge is 0.493 e. The number of benzene rings is 2. The lowest BCUT2D eigenvalue weighted by molar-refractivity contribution is -0.116. The van der Waals surface area contributed by atoms with Gasteiger partial charge in [0.2, 0.25) is 5.91 Å². The van der Waals surface area contributed by atoms with Crippen LogP contribution in [0.4, 0.5) is 0 Å². The van der Waals surface area contributed by atoms with E-state index in [9.17, 15) is 4.79 Å². The summed E-state index contributed by atoms with van der Waals surface area (Å²) in [5, 5.41) is 15.9. The second kappa shape index (κ2) is 10.1. The van der Waals surface area contributed by atoms with Crippen molar-refractivity contribution in [3.8, 4) is 28.4 Å². The quantitative estimate of drug-likeness (QED) is 0.338. The lowest BCUT2D eigenvalue weighted by Gasteiger charge is -2.09. The van der Waals surface area contributed by atoms with Gasteiger partial charge in [-0.15, -0.1) is 10.2 Å². The highest BCUT2D eigenvalue weighted by molar-refractivity contribution is 5.92. The Morgan fingerprint density at radius 1 is 0.972 bits per heavy atom. The summed E-state index contributed by atoms with van der Waals surface area (Å²) in [4.78, 5) is 12.6. The van der Waals surface area contributed by atoms with Crippen molar-refractivity contribution in [2.45, 2.75) is 6.54 Å². The Balaban J connectivity index is 1.42. The van der Waals surface area contributed by atoms with E-state index in [-0.39, 0.29) is 12.5 Å². The molecule has 0 spiro atoms. The van der Waals surface area contributed by atoms with E-state index < -0.39 is 0 Å². The maximum absolute atomic E-state index is 12.6. The first kappa shape index (κ1) is 22.9. The maximum atomic E-state index is 12.6. The number of hydrogen-bond acceptors (Lipinski definition) is 6. The van der Waals surface area contributed by atoms with Crippen LogP contribution in [0.25, 0.3) is 28.7 Å². The minimum atomic E-state index is -0.256. The minimum Gasteiger partial charge on any atom is -0.493 e. The molecule has 0 aliphatic carbocycles. The van der Waals surface area contributed by atoms with Crippen molar-refractivity contribution in [2.75, 3.05) is 14.2 Å². The van der Waals surface area contributed by atoms with Crippen LogP contribution < -0.4 is 14.8 Å². The van der Waals surface area contributed by atoms with Crippen LogP contribution in [0.15, 0.2) is 85.2 Å². The summed E-state index contributed by atoms with van der Waals surface area (Å²) in [5.74, 6) is 1.61. The molecule has 0 fully saturated rings. The van der Waals surface area contributed by atoms with Gasteiger partial charge < -0.3 is 14.8 Å². The van der Waals surface area contributed by atoms with Crippen molar-refractivity contribution in [1.82, 2.24) is 29.7 Å². The van der Waals surface area contributed by atoms with Gasteiger partial charge in [-0.2, -0.15) is 5.10 Å². The number of carbonyl (C=O) groups is 1. The van der Waals surface area contributed by atoms with Crippen molar-refractivity contribution < 1.29 is 14.3 Å². The number of aromatic nitrogens is 5. The molecule has 0 saturated carbocycles. The fourth-order valence-corrected chi connectivity index (χ4v) is 3.83. The molecule has 5 aromatic rings. The topological polar surface area (TPSA) is 95.6 Å². The second-order valence-electron chi connectivity index (χ2n) is 7.88. The predicted molar refractivity (Wildman–Crippen MR) is 136 cm³/mol. The van der Waals surface area contributed by atoms with E-state index in [2.05, 4.69) is 15.5 Å². The van der Waals surface area contributed by atoms with Crippen molar-refractivity contribution in [2.24, 2.45) is 0 Å². The summed E-state index contributed by atoms with van der Waals surface area (Å²) in [6.45, 7) is 0.250. The van der Waals surface area contributed by atoms with Crippen molar-refractivity contribution in [1.29, 1.82) is 0 Å². The lowest BCUT2D eigenvalue weighted by atomic mass is 10.1. The summed E-state index contributed by atoms with van der Waals surface area (Å²) < 4.78 is 14.5.